The molecule has 0 N–H and O–H groups in total. The second kappa shape index (κ2) is 5.90. The lowest BCUT2D eigenvalue weighted by Crippen LogP contribution is -2.06. The number of rotatable bonds is 5. The van der Waals surface area contributed by atoms with Gasteiger partial charge in [0.05, 0.1) is 7.11 Å². The Hall–Kier alpha value is -2.24. The SMILES string of the molecule is COC(=O)CCCn1nnnc1-c1ccccc1. The van der Waals surface area contributed by atoms with Gasteiger partial charge in [-0.15, -0.1) is 5.10 Å². The maximum Gasteiger partial charge on any atom is 0.305 e. The van der Waals surface area contributed by atoms with Crippen molar-refractivity contribution in [2.75, 3.05) is 7.11 Å². The lowest BCUT2D eigenvalue weighted by molar-refractivity contribution is -0.140. The van der Waals surface area contributed by atoms with Gasteiger partial charge in [0.1, 0.15) is 0 Å². The van der Waals surface area contributed by atoms with Crippen molar-refractivity contribution < 1.29 is 9.53 Å². The number of tetrazole rings is 1. The Balaban J connectivity index is 2.03. The minimum Gasteiger partial charge on any atom is -0.469 e. The van der Waals surface area contributed by atoms with Crippen LogP contribution < -0.4 is 0 Å². The van der Waals surface area contributed by atoms with E-state index in [0.717, 1.165) is 5.56 Å². The zero-order valence-electron chi connectivity index (χ0n) is 10.1. The van der Waals surface area contributed by atoms with E-state index in [0.29, 0.717) is 25.2 Å². The fraction of sp³-hybridized carbons (Fsp3) is 0.333. The number of esters is 1. The first-order chi connectivity index (χ1) is 8.81. The number of carbonyl (C=O) groups excluding carboxylic acids is 1. The summed E-state index contributed by atoms with van der Waals surface area (Å²) in [7, 11) is 1.38. The van der Waals surface area contributed by atoms with Crippen LogP contribution in [0.5, 0.6) is 0 Å². The van der Waals surface area contributed by atoms with Gasteiger partial charge >= 0.3 is 5.97 Å². The monoisotopic (exact) mass is 246 g/mol. The summed E-state index contributed by atoms with van der Waals surface area (Å²) in [5.74, 6) is 0.491. The standard InChI is InChI=1S/C12H14N4O2/c1-18-11(17)8-5-9-16-12(13-14-15-16)10-6-3-2-4-7-10/h2-4,6-7H,5,8-9H2,1H3. The molecule has 2 rings (SSSR count). The van der Waals surface area contributed by atoms with Crippen LogP contribution in [0, 0.1) is 0 Å². The maximum absolute atomic E-state index is 11.0. The van der Waals surface area contributed by atoms with E-state index in [-0.39, 0.29) is 5.97 Å². The van der Waals surface area contributed by atoms with Crippen molar-refractivity contribution in [2.24, 2.45) is 0 Å². The number of aromatic nitrogens is 4. The van der Waals surface area contributed by atoms with Crippen LogP contribution in [-0.4, -0.2) is 33.3 Å². The smallest absolute Gasteiger partial charge is 0.305 e. The average molecular weight is 246 g/mol. The van der Waals surface area contributed by atoms with Crippen LogP contribution in [0.3, 0.4) is 0 Å². The summed E-state index contributed by atoms with van der Waals surface area (Å²) in [5, 5.41) is 11.6. The molecular weight excluding hydrogens is 232 g/mol. The quantitative estimate of drug-likeness (QED) is 0.743. The molecule has 94 valence electrons. The molecule has 0 amide bonds. The van der Waals surface area contributed by atoms with Crippen molar-refractivity contribution in [3.63, 3.8) is 0 Å². The highest BCUT2D eigenvalue weighted by Gasteiger charge is 2.08. The van der Waals surface area contributed by atoms with Gasteiger partial charge < -0.3 is 4.74 Å². The molecule has 0 saturated heterocycles. The highest BCUT2D eigenvalue weighted by Crippen LogP contribution is 2.14. The molecule has 18 heavy (non-hydrogen) atoms. The van der Waals surface area contributed by atoms with E-state index in [9.17, 15) is 4.79 Å². The predicted octanol–water partition coefficient (Wildman–Crippen LogP) is 1.29. The van der Waals surface area contributed by atoms with Crippen molar-refractivity contribution >= 4 is 5.97 Å². The predicted molar refractivity (Wildman–Crippen MR) is 64.5 cm³/mol. The average Bonchev–Trinajstić information content (AvgIpc) is 2.88. The minimum absolute atomic E-state index is 0.218. The first-order valence-corrected chi connectivity index (χ1v) is 5.69. The summed E-state index contributed by atoms with van der Waals surface area (Å²) in [6, 6.07) is 9.70. The summed E-state index contributed by atoms with van der Waals surface area (Å²) < 4.78 is 6.28. The summed E-state index contributed by atoms with van der Waals surface area (Å²) in [6.07, 6.45) is 1.02. The Morgan fingerprint density at radius 2 is 2.11 bits per heavy atom. The fourth-order valence-electron chi connectivity index (χ4n) is 1.62. The van der Waals surface area contributed by atoms with Crippen LogP contribution in [0.2, 0.25) is 0 Å². The Labute approximate surface area is 105 Å². The first-order valence-electron chi connectivity index (χ1n) is 5.69. The highest BCUT2D eigenvalue weighted by atomic mass is 16.5. The first kappa shape index (κ1) is 12.2. The molecule has 1 aromatic carbocycles. The topological polar surface area (TPSA) is 69.9 Å². The minimum atomic E-state index is -0.218. The number of benzene rings is 1. The van der Waals surface area contributed by atoms with Crippen molar-refractivity contribution in [3.05, 3.63) is 30.3 Å². The van der Waals surface area contributed by atoms with Gasteiger partial charge in [-0.05, 0) is 16.8 Å². The summed E-state index contributed by atoms with van der Waals surface area (Å²) in [5.41, 5.74) is 0.959. The third-order valence-electron chi connectivity index (χ3n) is 2.54. The molecular formula is C12H14N4O2. The molecule has 0 radical (unpaired) electrons. The van der Waals surface area contributed by atoms with Gasteiger partial charge in [0.25, 0.3) is 0 Å². The molecule has 6 heteroatoms. The number of carbonyl (C=O) groups is 1. The van der Waals surface area contributed by atoms with E-state index in [2.05, 4.69) is 20.3 Å². The molecule has 0 aliphatic heterocycles. The zero-order chi connectivity index (χ0) is 12.8. The molecule has 0 fully saturated rings. The normalized spacial score (nSPS) is 10.3. The lowest BCUT2D eigenvalue weighted by Gasteiger charge is -2.03. The number of methoxy groups -OCH3 is 1. The molecule has 0 atom stereocenters. The molecule has 0 saturated carbocycles. The third-order valence-corrected chi connectivity index (χ3v) is 2.54. The molecule has 1 heterocycles. The van der Waals surface area contributed by atoms with Crippen molar-refractivity contribution in [3.8, 4) is 11.4 Å². The molecule has 2 aromatic rings. The van der Waals surface area contributed by atoms with E-state index >= 15 is 0 Å². The largest absolute Gasteiger partial charge is 0.469 e. The van der Waals surface area contributed by atoms with E-state index < -0.39 is 0 Å². The van der Waals surface area contributed by atoms with E-state index in [1.165, 1.54) is 7.11 Å². The van der Waals surface area contributed by atoms with Crippen LogP contribution in [-0.2, 0) is 16.1 Å². The second-order valence-electron chi connectivity index (χ2n) is 3.77. The van der Waals surface area contributed by atoms with Gasteiger partial charge in [-0.25, -0.2) is 4.68 Å². The number of ether oxygens (including phenoxy) is 1. The molecule has 0 spiro atoms. The van der Waals surface area contributed by atoms with Gasteiger partial charge in [0, 0.05) is 18.5 Å². The highest BCUT2D eigenvalue weighted by molar-refractivity contribution is 5.69. The van der Waals surface area contributed by atoms with Crippen molar-refractivity contribution in [2.45, 2.75) is 19.4 Å². The Kier molecular flexibility index (Phi) is 4.01. The van der Waals surface area contributed by atoms with Crippen LogP contribution in [0.25, 0.3) is 11.4 Å². The Bertz CT molecular complexity index is 510. The number of hydrogen-bond donors (Lipinski definition) is 0. The summed E-state index contributed by atoms with van der Waals surface area (Å²) in [6.45, 7) is 0.590. The molecule has 1 aromatic heterocycles. The zero-order valence-corrected chi connectivity index (χ0v) is 10.1. The maximum atomic E-state index is 11.0. The van der Waals surface area contributed by atoms with Crippen LogP contribution in [0.1, 0.15) is 12.8 Å². The number of hydrogen-bond acceptors (Lipinski definition) is 5. The third kappa shape index (κ3) is 2.91. The van der Waals surface area contributed by atoms with Gasteiger partial charge in [0.15, 0.2) is 5.82 Å². The van der Waals surface area contributed by atoms with Crippen LogP contribution in [0.15, 0.2) is 30.3 Å². The number of aryl methyl sites for hydroxylation is 1. The lowest BCUT2D eigenvalue weighted by atomic mass is 10.2. The molecule has 6 nitrogen and oxygen atoms in total. The molecule has 0 bridgehead atoms. The Morgan fingerprint density at radius 1 is 1.33 bits per heavy atom. The summed E-state index contributed by atoms with van der Waals surface area (Å²) in [4.78, 5) is 11.0. The molecule has 0 aliphatic rings. The summed E-state index contributed by atoms with van der Waals surface area (Å²) >= 11 is 0. The van der Waals surface area contributed by atoms with Crippen molar-refractivity contribution in [1.29, 1.82) is 0 Å². The molecule has 0 unspecified atom stereocenters. The van der Waals surface area contributed by atoms with E-state index in [1.807, 2.05) is 30.3 Å². The molecule has 0 aliphatic carbocycles. The van der Waals surface area contributed by atoms with Gasteiger partial charge in [-0.2, -0.15) is 0 Å². The van der Waals surface area contributed by atoms with Crippen LogP contribution >= 0.6 is 0 Å². The van der Waals surface area contributed by atoms with Crippen molar-refractivity contribution in [1.82, 2.24) is 20.2 Å². The van der Waals surface area contributed by atoms with Gasteiger partial charge in [0.2, 0.25) is 0 Å². The number of nitrogens with zero attached hydrogens (tertiary/aromatic N) is 4. The van der Waals surface area contributed by atoms with Crippen LogP contribution in [0.4, 0.5) is 0 Å². The van der Waals surface area contributed by atoms with Gasteiger partial charge in [-0.1, -0.05) is 30.3 Å². The van der Waals surface area contributed by atoms with Gasteiger partial charge in [-0.3, -0.25) is 4.79 Å². The fourth-order valence-corrected chi connectivity index (χ4v) is 1.62. The second-order valence-corrected chi connectivity index (χ2v) is 3.77. The Morgan fingerprint density at radius 3 is 2.83 bits per heavy atom. The van der Waals surface area contributed by atoms with E-state index in [4.69, 9.17) is 0 Å². The van der Waals surface area contributed by atoms with E-state index in [1.54, 1.807) is 4.68 Å².